The number of rotatable bonds is 24. The molecule has 0 heterocycles. The zero-order valence-electron chi connectivity index (χ0n) is 40.3. The van der Waals surface area contributed by atoms with Crippen molar-refractivity contribution in [2.24, 2.45) is 47.3 Å². The maximum Gasteiger partial charge on any atom is 0.348 e. The number of carbonyl (C=O) groups is 8. The van der Waals surface area contributed by atoms with Crippen LogP contribution in [0.3, 0.4) is 0 Å². The Morgan fingerprint density at radius 3 is 1.30 bits per heavy atom. The van der Waals surface area contributed by atoms with Crippen molar-refractivity contribution in [1.29, 1.82) is 15.8 Å². The van der Waals surface area contributed by atoms with Crippen LogP contribution in [0.15, 0.2) is 11.6 Å². The van der Waals surface area contributed by atoms with Gasteiger partial charge in [-0.05, 0) is 83.5 Å². The Hall–Kier alpha value is -5.83. The van der Waals surface area contributed by atoms with Gasteiger partial charge in [0, 0.05) is 25.2 Å². The molecule has 0 aliphatic heterocycles. The Kier molecular flexibility index (Phi) is 46.0. The summed E-state index contributed by atoms with van der Waals surface area (Å²) in [6, 6.07) is 5.38. The molecular formula is C46H75N3O15. The summed E-state index contributed by atoms with van der Waals surface area (Å²) in [5.74, 6) is -7.47. The Bertz CT molecular complexity index is 1480. The number of aldehydes is 1. The van der Waals surface area contributed by atoms with Gasteiger partial charge in [0.15, 0.2) is 5.92 Å². The molecule has 0 fully saturated rings. The summed E-state index contributed by atoms with van der Waals surface area (Å²) in [5.41, 5.74) is 0.107. The van der Waals surface area contributed by atoms with Crippen molar-refractivity contribution in [1.82, 2.24) is 0 Å². The molecular weight excluding hydrogens is 835 g/mol. The molecule has 0 radical (unpaired) electrons. The highest BCUT2D eigenvalue weighted by Crippen LogP contribution is 2.31. The quantitative estimate of drug-likeness (QED) is 0.0237. The van der Waals surface area contributed by atoms with Gasteiger partial charge in [0.05, 0.1) is 45.2 Å². The van der Waals surface area contributed by atoms with Gasteiger partial charge >= 0.3 is 41.8 Å². The van der Waals surface area contributed by atoms with Crippen molar-refractivity contribution in [2.45, 2.75) is 135 Å². The number of carbonyl (C=O) groups excluding carboxylic acids is 6. The first-order chi connectivity index (χ1) is 29.9. The molecule has 0 aromatic heterocycles. The van der Waals surface area contributed by atoms with E-state index in [9.17, 15) is 43.6 Å². The van der Waals surface area contributed by atoms with Crippen LogP contribution in [0.4, 0.5) is 0 Å². The van der Waals surface area contributed by atoms with E-state index in [4.69, 9.17) is 39.7 Å². The molecule has 0 saturated carbocycles. The van der Waals surface area contributed by atoms with E-state index in [-0.39, 0.29) is 56.5 Å². The van der Waals surface area contributed by atoms with E-state index in [0.29, 0.717) is 50.2 Å². The molecule has 0 aromatic carbocycles. The average molecular weight is 910 g/mol. The summed E-state index contributed by atoms with van der Waals surface area (Å²) in [7, 11) is 0. The van der Waals surface area contributed by atoms with Crippen molar-refractivity contribution in [3.8, 4) is 18.2 Å². The molecule has 0 aromatic rings. The van der Waals surface area contributed by atoms with Gasteiger partial charge in [-0.25, -0.2) is 4.79 Å². The number of allylic oxidation sites excluding steroid dienone is 1. The number of carboxylic acid groups (broad SMARTS) is 2. The SMILES string of the molecule is CC(C)CC(CC(=O)O)CC(=O)O.CC(C)CC=O.CCOC(=O)/C(C#N)=C/CC(C)C.CCOC(=O)C(C#N)C(CC(C)C)C(C(=O)OCC)C(=O)OCC.CCOC(=O)CC#N. The Labute approximate surface area is 380 Å². The maximum absolute atomic E-state index is 12.3. The molecule has 2 atom stereocenters. The molecule has 0 aliphatic carbocycles. The Morgan fingerprint density at radius 2 is 1.00 bits per heavy atom. The zero-order chi connectivity index (χ0) is 50.8. The van der Waals surface area contributed by atoms with E-state index in [1.165, 1.54) is 0 Å². The molecule has 364 valence electrons. The topological polar surface area (TPSA) is 295 Å². The predicted molar refractivity (Wildman–Crippen MR) is 235 cm³/mol. The number of nitriles is 3. The number of esters is 5. The molecule has 0 bridgehead atoms. The second-order valence-electron chi connectivity index (χ2n) is 15.3. The summed E-state index contributed by atoms with van der Waals surface area (Å²) < 4.78 is 24.0. The second kappa shape index (κ2) is 43.8. The fourth-order valence-electron chi connectivity index (χ4n) is 5.08. The second-order valence-corrected chi connectivity index (χ2v) is 15.3. The van der Waals surface area contributed by atoms with Crippen LogP contribution in [0, 0.1) is 81.3 Å². The molecule has 0 saturated heterocycles. The Balaban J connectivity index is -0.000000247. The third-order valence-electron chi connectivity index (χ3n) is 7.60. The van der Waals surface area contributed by atoms with Crippen molar-refractivity contribution in [3.63, 3.8) is 0 Å². The van der Waals surface area contributed by atoms with Gasteiger partial charge < -0.3 is 38.7 Å². The third kappa shape index (κ3) is 41.5. The normalized spacial score (nSPS) is 11.2. The highest BCUT2D eigenvalue weighted by molar-refractivity contribution is 5.96. The van der Waals surface area contributed by atoms with Crippen molar-refractivity contribution in [3.05, 3.63) is 11.6 Å². The molecule has 64 heavy (non-hydrogen) atoms. The van der Waals surface area contributed by atoms with Crippen LogP contribution in [-0.4, -0.2) is 91.3 Å². The standard InChI is InChI=1S/C17H27NO6.C10H15NO2.C9H16O4.C5H7NO2.C5H10O/c1-6-22-15(19)13(10-18)12(9-11(4)5)14(16(20)23-7-2)17(21)24-8-3;1-4-13-10(12)9(7-11)6-5-8(2)3;1-6(2)3-7(4-8(10)11)5-9(12)13;1-2-8-5(7)3-4-6;1-5(2)3-4-6/h11-14H,6-9H2,1-5H3;6,8H,4-5H2,1-3H3;6-7H,3-5H2,1-2H3,(H,10,11)(H,12,13);2-3H2,1H3;4-5H,3H2,1-2H3/b;9-6+;;;. The maximum atomic E-state index is 12.3. The van der Waals surface area contributed by atoms with Gasteiger partial charge in [0.25, 0.3) is 0 Å². The van der Waals surface area contributed by atoms with Crippen LogP contribution < -0.4 is 0 Å². The molecule has 0 aliphatic rings. The number of hydrogen-bond acceptors (Lipinski definition) is 16. The number of aliphatic carboxylic acids is 2. The minimum atomic E-state index is -1.33. The Morgan fingerprint density at radius 1 is 0.578 bits per heavy atom. The zero-order valence-corrected chi connectivity index (χ0v) is 40.3. The molecule has 0 amide bonds. The van der Waals surface area contributed by atoms with Crippen molar-refractivity contribution < 1.29 is 72.3 Å². The van der Waals surface area contributed by atoms with Crippen LogP contribution in [0.1, 0.15) is 135 Å². The van der Waals surface area contributed by atoms with Crippen LogP contribution in [0.5, 0.6) is 0 Å². The molecule has 2 N–H and O–H groups in total. The van der Waals surface area contributed by atoms with Gasteiger partial charge in [-0.2, -0.15) is 15.8 Å². The lowest BCUT2D eigenvalue weighted by atomic mass is 9.77. The number of nitrogens with zero attached hydrogens (tertiary/aromatic N) is 3. The van der Waals surface area contributed by atoms with E-state index in [0.717, 1.165) is 12.7 Å². The van der Waals surface area contributed by atoms with Gasteiger partial charge in [-0.15, -0.1) is 0 Å². The van der Waals surface area contributed by atoms with E-state index < -0.39 is 59.5 Å². The van der Waals surface area contributed by atoms with Crippen molar-refractivity contribution in [2.75, 3.05) is 33.0 Å². The minimum Gasteiger partial charge on any atom is -0.481 e. The summed E-state index contributed by atoms with van der Waals surface area (Å²) in [4.78, 5) is 88.4. The van der Waals surface area contributed by atoms with Crippen molar-refractivity contribution >= 4 is 48.1 Å². The average Bonchev–Trinajstić information content (AvgIpc) is 3.16. The highest BCUT2D eigenvalue weighted by Gasteiger charge is 2.45. The summed E-state index contributed by atoms with van der Waals surface area (Å²) in [6.45, 7) is 25.0. The van der Waals surface area contributed by atoms with Crippen LogP contribution in [0.25, 0.3) is 0 Å². The van der Waals surface area contributed by atoms with Gasteiger partial charge in [-0.1, -0.05) is 61.5 Å². The van der Waals surface area contributed by atoms with Crippen LogP contribution in [0.2, 0.25) is 0 Å². The van der Waals surface area contributed by atoms with E-state index in [1.54, 1.807) is 46.8 Å². The first-order valence-corrected chi connectivity index (χ1v) is 21.5. The van der Waals surface area contributed by atoms with Gasteiger partial charge in [0.1, 0.15) is 30.3 Å². The third-order valence-corrected chi connectivity index (χ3v) is 7.60. The fourth-order valence-corrected chi connectivity index (χ4v) is 5.08. The minimum absolute atomic E-state index is 0.0478. The van der Waals surface area contributed by atoms with E-state index >= 15 is 0 Å². The first kappa shape index (κ1) is 67.3. The van der Waals surface area contributed by atoms with Gasteiger partial charge in [0.2, 0.25) is 0 Å². The monoisotopic (exact) mass is 910 g/mol. The smallest absolute Gasteiger partial charge is 0.348 e. The lowest BCUT2D eigenvalue weighted by Crippen LogP contribution is -2.41. The fraction of sp³-hybridized carbons (Fsp3) is 0.717. The molecule has 18 nitrogen and oxygen atoms in total. The summed E-state index contributed by atoms with van der Waals surface area (Å²) >= 11 is 0. The largest absolute Gasteiger partial charge is 0.481 e. The molecule has 2 unspecified atom stereocenters. The van der Waals surface area contributed by atoms with E-state index in [2.05, 4.69) is 4.74 Å². The molecule has 18 heteroatoms. The molecule has 0 rings (SSSR count). The summed E-state index contributed by atoms with van der Waals surface area (Å²) in [6.07, 6.45) is 4.70. The predicted octanol–water partition coefficient (Wildman–Crippen LogP) is 7.43. The lowest BCUT2D eigenvalue weighted by Gasteiger charge is -2.27. The van der Waals surface area contributed by atoms with Crippen LogP contribution >= 0.6 is 0 Å². The number of hydrogen-bond donors (Lipinski definition) is 2. The van der Waals surface area contributed by atoms with Crippen LogP contribution in [-0.2, 0) is 62.0 Å². The molecule has 0 spiro atoms. The first-order valence-electron chi connectivity index (χ1n) is 21.5. The van der Waals surface area contributed by atoms with Gasteiger partial charge in [-0.3, -0.25) is 28.8 Å². The van der Waals surface area contributed by atoms with E-state index in [1.807, 2.05) is 67.5 Å². The number of ether oxygens (including phenoxy) is 5. The lowest BCUT2D eigenvalue weighted by molar-refractivity contribution is -0.167. The summed E-state index contributed by atoms with van der Waals surface area (Å²) in [5, 5.41) is 43.0. The highest BCUT2D eigenvalue weighted by atomic mass is 16.6. The number of carboxylic acids is 2.